The highest BCUT2D eigenvalue weighted by Crippen LogP contribution is 2.18. The Morgan fingerprint density at radius 2 is 2.25 bits per heavy atom. The second kappa shape index (κ2) is 5.44. The second-order valence-corrected chi connectivity index (χ2v) is 5.89. The van der Waals surface area contributed by atoms with Crippen molar-refractivity contribution in [1.29, 1.82) is 0 Å². The van der Waals surface area contributed by atoms with Crippen LogP contribution in [-0.4, -0.2) is 32.8 Å². The molecule has 1 amide bonds. The molecule has 2 aromatic heterocycles. The molecule has 0 saturated carbocycles. The molecule has 0 spiro atoms. The first-order chi connectivity index (χ1) is 9.63. The number of nitrogens with zero attached hydrogens (tertiary/aromatic N) is 3. The van der Waals surface area contributed by atoms with E-state index in [1.165, 1.54) is 6.42 Å². The van der Waals surface area contributed by atoms with E-state index in [1.54, 1.807) is 6.20 Å². The molecule has 2 aromatic rings. The molecule has 0 aromatic carbocycles. The summed E-state index contributed by atoms with van der Waals surface area (Å²) in [5, 5.41) is 0.664. The van der Waals surface area contributed by atoms with Crippen LogP contribution in [0.5, 0.6) is 0 Å². The predicted octanol–water partition coefficient (Wildman–Crippen LogP) is 2.93. The summed E-state index contributed by atoms with van der Waals surface area (Å²) in [5.41, 5.74) is 1.62. The number of piperidine rings is 1. The van der Waals surface area contributed by atoms with Crippen molar-refractivity contribution in [1.82, 2.24) is 14.3 Å². The van der Waals surface area contributed by atoms with Gasteiger partial charge in [0.1, 0.15) is 5.65 Å². The van der Waals surface area contributed by atoms with Crippen LogP contribution < -0.4 is 0 Å². The van der Waals surface area contributed by atoms with Crippen LogP contribution in [0.25, 0.3) is 5.65 Å². The summed E-state index contributed by atoms with van der Waals surface area (Å²) in [4.78, 5) is 18.8. The van der Waals surface area contributed by atoms with E-state index < -0.39 is 0 Å². The maximum Gasteiger partial charge on any atom is 0.228 e. The normalized spacial score (nSPS) is 19.5. The van der Waals surface area contributed by atoms with E-state index in [1.807, 2.05) is 27.6 Å². The summed E-state index contributed by atoms with van der Waals surface area (Å²) < 4.78 is 1.87. The number of fused-ring (bicyclic) bond motifs is 1. The monoisotopic (exact) mass is 291 g/mol. The van der Waals surface area contributed by atoms with E-state index in [9.17, 15) is 4.79 Å². The fraction of sp³-hybridized carbons (Fsp3) is 0.467. The summed E-state index contributed by atoms with van der Waals surface area (Å²) in [6.07, 6.45) is 7.49. The molecular weight excluding hydrogens is 274 g/mol. The van der Waals surface area contributed by atoms with Crippen molar-refractivity contribution >= 4 is 23.2 Å². The molecule has 1 atom stereocenters. The molecule has 20 heavy (non-hydrogen) atoms. The fourth-order valence-corrected chi connectivity index (χ4v) is 3.00. The Balaban J connectivity index is 1.76. The summed E-state index contributed by atoms with van der Waals surface area (Å²) >= 11 is 5.95. The number of carbonyl (C=O) groups excluding carboxylic acids is 1. The topological polar surface area (TPSA) is 37.6 Å². The number of amides is 1. The smallest absolute Gasteiger partial charge is 0.228 e. The maximum atomic E-state index is 12.4. The lowest BCUT2D eigenvalue weighted by Crippen LogP contribution is -2.42. The van der Waals surface area contributed by atoms with Crippen molar-refractivity contribution in [3.63, 3.8) is 0 Å². The lowest BCUT2D eigenvalue weighted by atomic mass is 10.0. The second-order valence-electron chi connectivity index (χ2n) is 5.45. The molecule has 0 radical (unpaired) electrons. The molecule has 1 unspecified atom stereocenters. The SMILES string of the molecule is CC1CCCCN1C(=O)Cc1cn2cc(Cl)ccc2n1. The van der Waals surface area contributed by atoms with Gasteiger partial charge in [0, 0.05) is 25.0 Å². The van der Waals surface area contributed by atoms with Crippen LogP contribution in [0.3, 0.4) is 0 Å². The molecule has 1 aliphatic rings. The van der Waals surface area contributed by atoms with E-state index in [0.717, 1.165) is 30.7 Å². The Morgan fingerprint density at radius 3 is 3.05 bits per heavy atom. The Labute approximate surface area is 123 Å². The third-order valence-electron chi connectivity index (χ3n) is 3.92. The Morgan fingerprint density at radius 1 is 1.40 bits per heavy atom. The summed E-state index contributed by atoms with van der Waals surface area (Å²) in [6.45, 7) is 3.00. The number of imidazole rings is 1. The van der Waals surface area contributed by atoms with Crippen molar-refractivity contribution in [2.45, 2.75) is 38.6 Å². The van der Waals surface area contributed by atoms with Crippen LogP contribution in [0.4, 0.5) is 0 Å². The minimum absolute atomic E-state index is 0.173. The summed E-state index contributed by atoms with van der Waals surface area (Å²) in [7, 11) is 0. The zero-order chi connectivity index (χ0) is 14.1. The van der Waals surface area contributed by atoms with Gasteiger partial charge in [-0.05, 0) is 38.3 Å². The van der Waals surface area contributed by atoms with Crippen LogP contribution >= 0.6 is 11.6 Å². The van der Waals surface area contributed by atoms with Crippen LogP contribution in [0, 0.1) is 0 Å². The van der Waals surface area contributed by atoms with Gasteiger partial charge in [-0.3, -0.25) is 4.79 Å². The van der Waals surface area contributed by atoms with Crippen LogP contribution in [0.1, 0.15) is 31.9 Å². The van der Waals surface area contributed by atoms with E-state index >= 15 is 0 Å². The van der Waals surface area contributed by atoms with E-state index in [2.05, 4.69) is 11.9 Å². The van der Waals surface area contributed by atoms with Gasteiger partial charge in [-0.25, -0.2) is 4.98 Å². The van der Waals surface area contributed by atoms with Crippen LogP contribution in [0.15, 0.2) is 24.5 Å². The zero-order valence-corrected chi connectivity index (χ0v) is 12.3. The van der Waals surface area contributed by atoms with Crippen molar-refractivity contribution in [3.8, 4) is 0 Å². The molecule has 106 valence electrons. The number of hydrogen-bond donors (Lipinski definition) is 0. The third kappa shape index (κ3) is 2.66. The first-order valence-corrected chi connectivity index (χ1v) is 7.44. The number of aromatic nitrogens is 2. The van der Waals surface area contributed by atoms with Crippen molar-refractivity contribution in [2.24, 2.45) is 0 Å². The number of likely N-dealkylation sites (tertiary alicyclic amines) is 1. The van der Waals surface area contributed by atoms with Gasteiger partial charge in [0.15, 0.2) is 0 Å². The van der Waals surface area contributed by atoms with Crippen molar-refractivity contribution in [2.75, 3.05) is 6.54 Å². The Bertz CT molecular complexity index is 637. The van der Waals surface area contributed by atoms with Gasteiger partial charge in [0.25, 0.3) is 0 Å². The standard InChI is InChI=1S/C15H18ClN3O/c1-11-4-2-3-7-19(11)15(20)8-13-10-18-9-12(16)5-6-14(18)17-13/h5-6,9-11H,2-4,7-8H2,1H3. The highest BCUT2D eigenvalue weighted by Gasteiger charge is 2.23. The average molecular weight is 292 g/mol. The van der Waals surface area contributed by atoms with Gasteiger partial charge in [0.05, 0.1) is 17.1 Å². The van der Waals surface area contributed by atoms with Gasteiger partial charge in [-0.1, -0.05) is 11.6 Å². The molecule has 3 rings (SSSR count). The first-order valence-electron chi connectivity index (χ1n) is 7.06. The quantitative estimate of drug-likeness (QED) is 0.853. The maximum absolute atomic E-state index is 12.4. The largest absolute Gasteiger partial charge is 0.340 e. The highest BCUT2D eigenvalue weighted by molar-refractivity contribution is 6.30. The lowest BCUT2D eigenvalue weighted by Gasteiger charge is -2.33. The molecule has 3 heterocycles. The molecule has 4 nitrogen and oxygen atoms in total. The molecule has 0 bridgehead atoms. The fourth-order valence-electron chi connectivity index (χ4n) is 2.83. The highest BCUT2D eigenvalue weighted by atomic mass is 35.5. The van der Waals surface area contributed by atoms with Crippen LogP contribution in [0.2, 0.25) is 5.02 Å². The first kappa shape index (κ1) is 13.4. The number of rotatable bonds is 2. The lowest BCUT2D eigenvalue weighted by molar-refractivity contribution is -0.133. The van der Waals surface area contributed by atoms with E-state index in [-0.39, 0.29) is 5.91 Å². The summed E-state index contributed by atoms with van der Waals surface area (Å²) in [6, 6.07) is 4.02. The zero-order valence-electron chi connectivity index (χ0n) is 11.6. The third-order valence-corrected chi connectivity index (χ3v) is 4.14. The Kier molecular flexibility index (Phi) is 3.66. The van der Waals surface area contributed by atoms with Gasteiger partial charge >= 0.3 is 0 Å². The minimum Gasteiger partial charge on any atom is -0.340 e. The van der Waals surface area contributed by atoms with E-state index in [0.29, 0.717) is 17.5 Å². The van der Waals surface area contributed by atoms with Gasteiger partial charge in [-0.15, -0.1) is 0 Å². The average Bonchev–Trinajstić information content (AvgIpc) is 2.80. The molecule has 0 N–H and O–H groups in total. The van der Waals surface area contributed by atoms with Crippen molar-refractivity contribution in [3.05, 3.63) is 35.2 Å². The van der Waals surface area contributed by atoms with Gasteiger partial charge < -0.3 is 9.30 Å². The van der Waals surface area contributed by atoms with E-state index in [4.69, 9.17) is 11.6 Å². The molecule has 0 aliphatic carbocycles. The molecule has 1 aliphatic heterocycles. The van der Waals surface area contributed by atoms with Crippen LogP contribution in [-0.2, 0) is 11.2 Å². The number of pyridine rings is 1. The van der Waals surface area contributed by atoms with Crippen molar-refractivity contribution < 1.29 is 4.79 Å². The molecule has 5 heteroatoms. The number of hydrogen-bond acceptors (Lipinski definition) is 2. The summed E-state index contributed by atoms with van der Waals surface area (Å²) in [5.74, 6) is 0.173. The Hall–Kier alpha value is -1.55. The van der Waals surface area contributed by atoms with Gasteiger partial charge in [0.2, 0.25) is 5.91 Å². The molecule has 1 saturated heterocycles. The van der Waals surface area contributed by atoms with Gasteiger partial charge in [-0.2, -0.15) is 0 Å². The minimum atomic E-state index is 0.173. The number of carbonyl (C=O) groups is 1. The molecule has 1 fully saturated rings. The molecular formula is C15H18ClN3O. The number of halogens is 1. The predicted molar refractivity (Wildman–Crippen MR) is 78.9 cm³/mol.